The van der Waals surface area contributed by atoms with Crippen molar-refractivity contribution < 1.29 is 9.53 Å². The molecule has 128 valence electrons. The lowest BCUT2D eigenvalue weighted by atomic mass is 9.79. The maximum Gasteiger partial charge on any atom is 0.232 e. The molecule has 0 radical (unpaired) electrons. The Morgan fingerprint density at radius 1 is 1.38 bits per heavy atom. The fraction of sp³-hybridized carbons (Fsp3) is 0.471. The number of anilines is 1. The van der Waals surface area contributed by atoms with Gasteiger partial charge in [0.25, 0.3) is 0 Å². The number of aryl methyl sites for hydroxylation is 2. The first kappa shape index (κ1) is 16.6. The molecule has 3 rings (SSSR count). The maximum absolute atomic E-state index is 12.6. The van der Waals surface area contributed by atoms with E-state index in [2.05, 4.69) is 15.4 Å². The van der Waals surface area contributed by atoms with Gasteiger partial charge in [-0.25, -0.2) is 9.67 Å². The number of nitrogens with zero attached hydrogens (tertiary/aromatic N) is 3. The van der Waals surface area contributed by atoms with Crippen LogP contribution in [0.4, 0.5) is 5.69 Å². The summed E-state index contributed by atoms with van der Waals surface area (Å²) in [4.78, 5) is 17.0. The average Bonchev–Trinajstić information content (AvgIpc) is 2.94. The van der Waals surface area contributed by atoms with Crippen molar-refractivity contribution in [3.63, 3.8) is 0 Å². The van der Waals surface area contributed by atoms with Gasteiger partial charge in [0.05, 0.1) is 23.0 Å². The van der Waals surface area contributed by atoms with Gasteiger partial charge in [-0.1, -0.05) is 0 Å². The second-order valence-corrected chi connectivity index (χ2v) is 6.29. The fourth-order valence-corrected chi connectivity index (χ4v) is 3.00. The number of pyridine rings is 1. The molecule has 1 fully saturated rings. The Labute approximate surface area is 141 Å². The van der Waals surface area contributed by atoms with Crippen molar-refractivity contribution >= 4 is 11.6 Å². The lowest BCUT2D eigenvalue weighted by molar-refractivity contribution is -0.130. The molecule has 0 aromatic carbocycles. The Morgan fingerprint density at radius 3 is 2.67 bits per heavy atom. The van der Waals surface area contributed by atoms with Crippen LogP contribution in [0.1, 0.15) is 24.2 Å². The molecule has 0 atom stereocenters. The van der Waals surface area contributed by atoms with Gasteiger partial charge < -0.3 is 15.8 Å². The normalized spacial score (nSPS) is 16.8. The van der Waals surface area contributed by atoms with E-state index < -0.39 is 5.41 Å². The summed E-state index contributed by atoms with van der Waals surface area (Å²) in [5.41, 5.74) is 7.93. The SMILES string of the molecule is Cc1cc(C)n(-c2ccc(NC(=O)C3(CN)CCOCC3)cn2)n1. The molecular weight excluding hydrogens is 306 g/mol. The van der Waals surface area contributed by atoms with Crippen molar-refractivity contribution in [1.82, 2.24) is 14.8 Å². The van der Waals surface area contributed by atoms with Crippen LogP contribution in [-0.2, 0) is 9.53 Å². The molecule has 7 heteroatoms. The minimum atomic E-state index is -0.549. The number of hydrogen-bond donors (Lipinski definition) is 2. The van der Waals surface area contributed by atoms with Crippen molar-refractivity contribution in [2.75, 3.05) is 25.1 Å². The fourth-order valence-electron chi connectivity index (χ4n) is 3.00. The Bertz CT molecular complexity index is 717. The van der Waals surface area contributed by atoms with E-state index >= 15 is 0 Å². The Balaban J connectivity index is 1.74. The van der Waals surface area contributed by atoms with Crippen LogP contribution in [0.15, 0.2) is 24.4 Å². The van der Waals surface area contributed by atoms with Gasteiger partial charge in [-0.3, -0.25) is 4.79 Å². The van der Waals surface area contributed by atoms with Crippen LogP contribution in [0.25, 0.3) is 5.82 Å². The number of carbonyl (C=O) groups excluding carboxylic acids is 1. The smallest absolute Gasteiger partial charge is 0.232 e. The quantitative estimate of drug-likeness (QED) is 0.888. The lowest BCUT2D eigenvalue weighted by Crippen LogP contribution is -2.46. The van der Waals surface area contributed by atoms with E-state index in [0.717, 1.165) is 17.2 Å². The van der Waals surface area contributed by atoms with Crippen molar-refractivity contribution in [3.05, 3.63) is 35.8 Å². The molecule has 0 spiro atoms. The molecule has 24 heavy (non-hydrogen) atoms. The van der Waals surface area contributed by atoms with Gasteiger partial charge >= 0.3 is 0 Å². The van der Waals surface area contributed by atoms with Gasteiger partial charge in [0.15, 0.2) is 5.82 Å². The molecule has 2 aromatic rings. The molecule has 1 amide bonds. The van der Waals surface area contributed by atoms with Crippen LogP contribution in [0.5, 0.6) is 0 Å². The number of nitrogens with one attached hydrogen (secondary N) is 1. The van der Waals surface area contributed by atoms with Crippen LogP contribution in [-0.4, -0.2) is 40.4 Å². The van der Waals surface area contributed by atoms with E-state index in [4.69, 9.17) is 10.5 Å². The highest BCUT2D eigenvalue weighted by molar-refractivity contribution is 5.95. The van der Waals surface area contributed by atoms with E-state index in [1.165, 1.54) is 0 Å². The zero-order chi connectivity index (χ0) is 17.2. The standard InChI is InChI=1S/C17H23N5O2/c1-12-9-13(2)22(21-12)15-4-3-14(10-19-15)20-16(23)17(11-18)5-7-24-8-6-17/h3-4,9-10H,5-8,11,18H2,1-2H3,(H,20,23). The molecule has 7 nitrogen and oxygen atoms in total. The number of ether oxygens (including phenoxy) is 1. The third-order valence-corrected chi connectivity index (χ3v) is 4.55. The first-order chi connectivity index (χ1) is 11.5. The van der Waals surface area contributed by atoms with Crippen molar-refractivity contribution in [1.29, 1.82) is 0 Å². The van der Waals surface area contributed by atoms with Gasteiger partial charge in [0, 0.05) is 25.5 Å². The minimum absolute atomic E-state index is 0.0611. The van der Waals surface area contributed by atoms with Crippen LogP contribution < -0.4 is 11.1 Å². The molecule has 2 aromatic heterocycles. The second-order valence-electron chi connectivity index (χ2n) is 6.29. The molecule has 0 bridgehead atoms. The largest absolute Gasteiger partial charge is 0.381 e. The van der Waals surface area contributed by atoms with Crippen molar-refractivity contribution in [2.24, 2.45) is 11.1 Å². The molecule has 0 saturated carbocycles. The summed E-state index contributed by atoms with van der Waals surface area (Å²) >= 11 is 0. The summed E-state index contributed by atoms with van der Waals surface area (Å²) in [5.74, 6) is 0.659. The summed E-state index contributed by atoms with van der Waals surface area (Å²) in [6, 6.07) is 5.67. The van der Waals surface area contributed by atoms with E-state index in [1.807, 2.05) is 32.0 Å². The minimum Gasteiger partial charge on any atom is -0.381 e. The summed E-state index contributed by atoms with van der Waals surface area (Å²) in [7, 11) is 0. The van der Waals surface area contributed by atoms with Crippen molar-refractivity contribution in [2.45, 2.75) is 26.7 Å². The van der Waals surface area contributed by atoms with Crippen LogP contribution in [0.2, 0.25) is 0 Å². The highest BCUT2D eigenvalue weighted by Crippen LogP contribution is 2.30. The number of amides is 1. The van der Waals surface area contributed by atoms with Gasteiger partial charge in [-0.05, 0) is 44.9 Å². The molecule has 1 aliphatic rings. The van der Waals surface area contributed by atoms with Crippen LogP contribution in [0, 0.1) is 19.3 Å². The maximum atomic E-state index is 12.6. The summed E-state index contributed by atoms with van der Waals surface area (Å²) in [5, 5.41) is 7.34. The topological polar surface area (TPSA) is 95.1 Å². The Morgan fingerprint density at radius 2 is 2.12 bits per heavy atom. The highest BCUT2D eigenvalue weighted by atomic mass is 16.5. The zero-order valence-corrected chi connectivity index (χ0v) is 14.1. The van der Waals surface area contributed by atoms with Gasteiger partial charge in [0.1, 0.15) is 0 Å². The third-order valence-electron chi connectivity index (χ3n) is 4.55. The number of aromatic nitrogens is 3. The molecule has 0 aliphatic carbocycles. The Hall–Kier alpha value is -2.25. The first-order valence-corrected chi connectivity index (χ1v) is 8.13. The van der Waals surface area contributed by atoms with E-state index in [-0.39, 0.29) is 5.91 Å². The summed E-state index contributed by atoms with van der Waals surface area (Å²) in [6.07, 6.45) is 2.94. The number of nitrogens with two attached hydrogens (primary N) is 1. The predicted octanol–water partition coefficient (Wildman–Crippen LogP) is 1.58. The van der Waals surface area contributed by atoms with E-state index in [0.29, 0.717) is 38.3 Å². The van der Waals surface area contributed by atoms with Gasteiger partial charge in [-0.15, -0.1) is 0 Å². The Kier molecular flexibility index (Phi) is 4.64. The first-order valence-electron chi connectivity index (χ1n) is 8.13. The average molecular weight is 329 g/mol. The van der Waals surface area contributed by atoms with E-state index in [1.54, 1.807) is 10.9 Å². The number of rotatable bonds is 4. The lowest BCUT2D eigenvalue weighted by Gasteiger charge is -2.34. The van der Waals surface area contributed by atoms with Crippen LogP contribution in [0.3, 0.4) is 0 Å². The van der Waals surface area contributed by atoms with Gasteiger partial charge in [-0.2, -0.15) is 5.10 Å². The van der Waals surface area contributed by atoms with Crippen molar-refractivity contribution in [3.8, 4) is 5.82 Å². The summed E-state index contributed by atoms with van der Waals surface area (Å²) < 4.78 is 7.13. The molecule has 0 unspecified atom stereocenters. The zero-order valence-electron chi connectivity index (χ0n) is 14.1. The predicted molar refractivity (Wildman–Crippen MR) is 91.0 cm³/mol. The molecule has 1 saturated heterocycles. The molecule has 3 N–H and O–H groups in total. The monoisotopic (exact) mass is 329 g/mol. The number of carbonyl (C=O) groups is 1. The molecule has 1 aliphatic heterocycles. The highest BCUT2D eigenvalue weighted by Gasteiger charge is 2.38. The summed E-state index contributed by atoms with van der Waals surface area (Å²) in [6.45, 7) is 5.38. The van der Waals surface area contributed by atoms with Crippen LogP contribution >= 0.6 is 0 Å². The van der Waals surface area contributed by atoms with Gasteiger partial charge in [0.2, 0.25) is 5.91 Å². The third kappa shape index (κ3) is 3.18. The molecule has 3 heterocycles. The number of hydrogen-bond acceptors (Lipinski definition) is 5. The molecular formula is C17H23N5O2. The second kappa shape index (κ2) is 6.70. The van der Waals surface area contributed by atoms with E-state index in [9.17, 15) is 4.79 Å².